The standard InChI is InChI=1S/C13H22N4O3/c1-2-16(6-3-5-14)13(20)17-10-8-15(9-11-17)7-4-12(18)19/h2-4,6-11H2,1H3,(H,18,19). The molecule has 0 atom stereocenters. The average molecular weight is 282 g/mol. The predicted octanol–water partition coefficient (Wildman–Crippen LogP) is 0.434. The number of hydrogen-bond acceptors (Lipinski definition) is 4. The van der Waals surface area contributed by atoms with Crippen LogP contribution in [0.1, 0.15) is 19.8 Å². The SMILES string of the molecule is CCN(CCC#N)C(=O)N1CCN(CCC(=O)O)CC1. The summed E-state index contributed by atoms with van der Waals surface area (Å²) in [5, 5.41) is 17.2. The van der Waals surface area contributed by atoms with Crippen LogP contribution in [-0.2, 0) is 4.79 Å². The molecule has 1 saturated heterocycles. The minimum absolute atomic E-state index is 0.0272. The van der Waals surface area contributed by atoms with E-state index in [4.69, 9.17) is 10.4 Å². The number of carbonyl (C=O) groups is 2. The lowest BCUT2D eigenvalue weighted by Gasteiger charge is -2.37. The number of carbonyl (C=O) groups excluding carboxylic acids is 1. The summed E-state index contributed by atoms with van der Waals surface area (Å²) in [4.78, 5) is 28.3. The lowest BCUT2D eigenvalue weighted by atomic mass is 10.3. The lowest BCUT2D eigenvalue weighted by Crippen LogP contribution is -2.53. The van der Waals surface area contributed by atoms with Gasteiger partial charge in [-0.05, 0) is 6.92 Å². The summed E-state index contributed by atoms with van der Waals surface area (Å²) in [7, 11) is 0. The van der Waals surface area contributed by atoms with Crippen LogP contribution < -0.4 is 0 Å². The Morgan fingerprint density at radius 1 is 1.30 bits per heavy atom. The molecule has 0 spiro atoms. The quantitative estimate of drug-likeness (QED) is 0.763. The minimum Gasteiger partial charge on any atom is -0.481 e. The zero-order valence-electron chi connectivity index (χ0n) is 11.9. The highest BCUT2D eigenvalue weighted by atomic mass is 16.4. The molecule has 0 aliphatic carbocycles. The molecule has 0 aromatic carbocycles. The van der Waals surface area contributed by atoms with Gasteiger partial charge in [-0.2, -0.15) is 5.26 Å². The number of nitriles is 1. The molecule has 7 nitrogen and oxygen atoms in total. The van der Waals surface area contributed by atoms with E-state index < -0.39 is 5.97 Å². The summed E-state index contributed by atoms with van der Waals surface area (Å²) >= 11 is 0. The molecule has 0 aromatic heterocycles. The normalized spacial score (nSPS) is 15.7. The molecule has 1 aliphatic rings. The molecule has 2 amide bonds. The van der Waals surface area contributed by atoms with Crippen LogP contribution in [0.15, 0.2) is 0 Å². The topological polar surface area (TPSA) is 87.9 Å². The van der Waals surface area contributed by atoms with Crippen molar-refractivity contribution in [1.82, 2.24) is 14.7 Å². The monoisotopic (exact) mass is 282 g/mol. The van der Waals surface area contributed by atoms with E-state index >= 15 is 0 Å². The molecule has 112 valence electrons. The Bertz CT molecular complexity index is 372. The first kappa shape index (κ1) is 16.2. The lowest BCUT2D eigenvalue weighted by molar-refractivity contribution is -0.137. The van der Waals surface area contributed by atoms with E-state index in [9.17, 15) is 9.59 Å². The van der Waals surface area contributed by atoms with Crippen LogP contribution in [-0.4, -0.2) is 77.6 Å². The zero-order valence-corrected chi connectivity index (χ0v) is 11.9. The molecule has 0 aromatic rings. The van der Waals surface area contributed by atoms with Gasteiger partial charge in [-0.25, -0.2) is 4.79 Å². The van der Waals surface area contributed by atoms with Crippen LogP contribution in [0.4, 0.5) is 4.79 Å². The molecule has 0 radical (unpaired) electrons. The van der Waals surface area contributed by atoms with Gasteiger partial charge < -0.3 is 14.9 Å². The molecule has 1 fully saturated rings. The number of rotatable bonds is 6. The van der Waals surface area contributed by atoms with Gasteiger partial charge >= 0.3 is 12.0 Å². The number of aliphatic carboxylic acids is 1. The van der Waals surface area contributed by atoms with Crippen LogP contribution in [0.2, 0.25) is 0 Å². The van der Waals surface area contributed by atoms with Gasteiger partial charge in [0.25, 0.3) is 0 Å². The van der Waals surface area contributed by atoms with E-state index in [0.717, 1.165) is 0 Å². The second-order valence-electron chi connectivity index (χ2n) is 4.74. The molecule has 0 saturated carbocycles. The summed E-state index contributed by atoms with van der Waals surface area (Å²) in [6.07, 6.45) is 0.482. The Hall–Kier alpha value is -1.81. The van der Waals surface area contributed by atoms with Crippen molar-refractivity contribution in [3.63, 3.8) is 0 Å². The second kappa shape index (κ2) is 8.38. The van der Waals surface area contributed by atoms with E-state index in [2.05, 4.69) is 4.90 Å². The van der Waals surface area contributed by atoms with Crippen molar-refractivity contribution in [2.45, 2.75) is 19.8 Å². The Morgan fingerprint density at radius 2 is 1.95 bits per heavy atom. The van der Waals surface area contributed by atoms with Gasteiger partial charge in [0.1, 0.15) is 0 Å². The first-order valence-electron chi connectivity index (χ1n) is 6.93. The summed E-state index contributed by atoms with van der Waals surface area (Å²) in [5.41, 5.74) is 0. The number of urea groups is 1. The van der Waals surface area contributed by atoms with Crippen molar-refractivity contribution in [2.75, 3.05) is 45.8 Å². The minimum atomic E-state index is -0.794. The Labute approximate surface area is 119 Å². The number of hydrogen-bond donors (Lipinski definition) is 1. The number of nitrogens with zero attached hydrogens (tertiary/aromatic N) is 4. The van der Waals surface area contributed by atoms with Gasteiger partial charge in [0.2, 0.25) is 0 Å². The van der Waals surface area contributed by atoms with Gasteiger partial charge in [0.15, 0.2) is 0 Å². The third-order valence-corrected chi connectivity index (χ3v) is 3.43. The van der Waals surface area contributed by atoms with Crippen LogP contribution in [0, 0.1) is 11.3 Å². The van der Waals surface area contributed by atoms with E-state index in [1.54, 1.807) is 9.80 Å². The van der Waals surface area contributed by atoms with Gasteiger partial charge in [-0.3, -0.25) is 9.69 Å². The summed E-state index contributed by atoms with van der Waals surface area (Å²) in [6.45, 7) is 6.12. The predicted molar refractivity (Wildman–Crippen MR) is 73.1 cm³/mol. The van der Waals surface area contributed by atoms with E-state index in [0.29, 0.717) is 52.2 Å². The zero-order chi connectivity index (χ0) is 15.0. The summed E-state index contributed by atoms with van der Waals surface area (Å²) in [6, 6.07) is 2.02. The highest BCUT2D eigenvalue weighted by Gasteiger charge is 2.24. The van der Waals surface area contributed by atoms with Crippen LogP contribution in [0.5, 0.6) is 0 Å². The molecule has 1 aliphatic heterocycles. The maximum Gasteiger partial charge on any atom is 0.320 e. The summed E-state index contributed by atoms with van der Waals surface area (Å²) in [5.74, 6) is -0.794. The molecule has 1 N–H and O–H groups in total. The first-order valence-corrected chi connectivity index (χ1v) is 6.93. The van der Waals surface area contributed by atoms with Crippen molar-refractivity contribution >= 4 is 12.0 Å². The fourth-order valence-corrected chi connectivity index (χ4v) is 2.19. The van der Waals surface area contributed by atoms with Crippen molar-refractivity contribution in [3.8, 4) is 6.07 Å². The molecule has 1 rings (SSSR count). The molecular formula is C13H22N4O3. The van der Waals surface area contributed by atoms with E-state index in [-0.39, 0.29) is 12.5 Å². The fraction of sp³-hybridized carbons (Fsp3) is 0.769. The molecule has 7 heteroatoms. The Kier molecular flexibility index (Phi) is 6.81. The summed E-state index contributed by atoms with van der Waals surface area (Å²) < 4.78 is 0. The van der Waals surface area contributed by atoms with Crippen molar-refractivity contribution in [3.05, 3.63) is 0 Å². The van der Waals surface area contributed by atoms with Crippen LogP contribution in [0.25, 0.3) is 0 Å². The molecular weight excluding hydrogens is 260 g/mol. The van der Waals surface area contributed by atoms with Crippen molar-refractivity contribution in [1.29, 1.82) is 5.26 Å². The van der Waals surface area contributed by atoms with Gasteiger partial charge in [-0.1, -0.05) is 0 Å². The Balaban J connectivity index is 2.38. The average Bonchev–Trinajstić information content (AvgIpc) is 2.46. The molecule has 0 bridgehead atoms. The molecule has 1 heterocycles. The number of piperazine rings is 1. The van der Waals surface area contributed by atoms with Crippen LogP contribution >= 0.6 is 0 Å². The fourth-order valence-electron chi connectivity index (χ4n) is 2.19. The number of amides is 2. The van der Waals surface area contributed by atoms with Crippen molar-refractivity contribution in [2.24, 2.45) is 0 Å². The third kappa shape index (κ3) is 5.05. The van der Waals surface area contributed by atoms with Gasteiger partial charge in [-0.15, -0.1) is 0 Å². The third-order valence-electron chi connectivity index (χ3n) is 3.43. The Morgan fingerprint density at radius 3 is 2.45 bits per heavy atom. The largest absolute Gasteiger partial charge is 0.481 e. The van der Waals surface area contributed by atoms with Gasteiger partial charge in [0, 0.05) is 45.8 Å². The smallest absolute Gasteiger partial charge is 0.320 e. The first-order chi connectivity index (χ1) is 9.58. The van der Waals surface area contributed by atoms with Gasteiger partial charge in [0.05, 0.1) is 18.9 Å². The van der Waals surface area contributed by atoms with Crippen molar-refractivity contribution < 1.29 is 14.7 Å². The maximum atomic E-state index is 12.2. The number of carboxylic acids is 1. The van der Waals surface area contributed by atoms with Crippen LogP contribution in [0.3, 0.4) is 0 Å². The molecule has 0 unspecified atom stereocenters. The highest BCUT2D eigenvalue weighted by molar-refractivity contribution is 5.74. The second-order valence-corrected chi connectivity index (χ2v) is 4.74. The number of carboxylic acid groups (broad SMARTS) is 1. The highest BCUT2D eigenvalue weighted by Crippen LogP contribution is 2.07. The molecule has 20 heavy (non-hydrogen) atoms. The maximum absolute atomic E-state index is 12.2. The van der Waals surface area contributed by atoms with E-state index in [1.165, 1.54) is 0 Å². The van der Waals surface area contributed by atoms with E-state index in [1.807, 2.05) is 13.0 Å².